The summed E-state index contributed by atoms with van der Waals surface area (Å²) in [5.74, 6) is 8.74. The van der Waals surface area contributed by atoms with Gasteiger partial charge >= 0.3 is 0 Å². The van der Waals surface area contributed by atoms with Gasteiger partial charge in [0, 0.05) is 21.1 Å². The van der Waals surface area contributed by atoms with E-state index in [2.05, 4.69) is 69.2 Å². The van der Waals surface area contributed by atoms with Crippen molar-refractivity contribution in [3.63, 3.8) is 0 Å². The number of ether oxygens (including phenoxy) is 1. The molecule has 1 nitrogen and oxygen atoms in total. The molecule has 0 aliphatic rings. The number of rotatable bonds is 15. The maximum Gasteiger partial charge on any atom is 0.116 e. The molecule has 0 saturated carbocycles. The molecule has 0 radical (unpaired) electrons. The molecule has 0 N–H and O–H groups in total. The van der Waals surface area contributed by atoms with E-state index in [1.54, 1.807) is 0 Å². The topological polar surface area (TPSA) is 9.23 Å². The summed E-state index contributed by atoms with van der Waals surface area (Å²) in [6, 6.07) is 0. The SMILES string of the molecule is CCC(C)COC(S)=S(CC(C)CC)(CC(C)CC)(CC(C)CC)CC(C)CC.[Mo]. The van der Waals surface area contributed by atoms with Gasteiger partial charge in [0.05, 0.1) is 6.61 Å². The van der Waals surface area contributed by atoms with Crippen LogP contribution in [0.3, 0.4) is 0 Å². The van der Waals surface area contributed by atoms with Gasteiger partial charge in [0.1, 0.15) is 4.38 Å². The molecule has 0 aliphatic carbocycles. The molecule has 0 spiro atoms. The van der Waals surface area contributed by atoms with Gasteiger partial charge in [-0.25, -0.2) is 8.75 Å². The van der Waals surface area contributed by atoms with Crippen LogP contribution in [0.15, 0.2) is 0 Å². The van der Waals surface area contributed by atoms with Gasteiger partial charge in [-0.3, -0.25) is 0 Å². The second-order valence-electron chi connectivity index (χ2n) is 10.6. The molecular weight excluding hydrogens is 488 g/mol. The van der Waals surface area contributed by atoms with Crippen molar-refractivity contribution in [2.75, 3.05) is 29.6 Å². The first-order valence-electron chi connectivity index (χ1n) is 12.6. The summed E-state index contributed by atoms with van der Waals surface area (Å²) in [7, 11) is -1.98. The van der Waals surface area contributed by atoms with Gasteiger partial charge in [0.2, 0.25) is 0 Å². The second kappa shape index (κ2) is 15.9. The minimum Gasteiger partial charge on any atom is -0.335 e. The molecule has 0 saturated heterocycles. The Balaban J connectivity index is 0. The zero-order chi connectivity index (χ0) is 22.7. The Bertz CT molecular complexity index is 448. The van der Waals surface area contributed by atoms with Crippen LogP contribution in [0.5, 0.6) is 0 Å². The summed E-state index contributed by atoms with van der Waals surface area (Å²) in [5.41, 5.74) is 0. The van der Waals surface area contributed by atoms with Crippen LogP contribution in [0, 0.1) is 29.6 Å². The molecule has 0 aromatic rings. The Labute approximate surface area is 211 Å². The molecule has 0 bridgehead atoms. The predicted molar refractivity (Wildman–Crippen MR) is 144 cm³/mol. The van der Waals surface area contributed by atoms with Gasteiger partial charge in [0.25, 0.3) is 0 Å². The van der Waals surface area contributed by atoms with Gasteiger partial charge in [-0.2, -0.15) is 0 Å². The summed E-state index contributed by atoms with van der Waals surface area (Å²) in [4.78, 5) is 0. The Hall–Kier alpha value is 1.22. The molecule has 0 fully saturated rings. The molecule has 0 amide bonds. The van der Waals surface area contributed by atoms with Crippen LogP contribution in [-0.4, -0.2) is 34.0 Å². The summed E-state index contributed by atoms with van der Waals surface area (Å²) in [5, 5.41) is 0. The van der Waals surface area contributed by atoms with Crippen LogP contribution >= 0.6 is 21.4 Å². The number of thiol groups is 1. The monoisotopic (exact) mass is 546 g/mol. The van der Waals surface area contributed by atoms with E-state index in [1.807, 2.05) is 0 Å². The van der Waals surface area contributed by atoms with Gasteiger partial charge < -0.3 is 4.74 Å². The summed E-state index contributed by atoms with van der Waals surface area (Å²) in [6.45, 7) is 24.7. The van der Waals surface area contributed by atoms with Crippen LogP contribution in [-0.2, 0) is 25.8 Å². The predicted octanol–water partition coefficient (Wildman–Crippen LogP) is 8.59. The summed E-state index contributed by atoms with van der Waals surface area (Å²) < 4.78 is 7.84. The molecule has 4 heteroatoms. The van der Waals surface area contributed by atoms with Gasteiger partial charge in [-0.15, -0.1) is 12.6 Å². The smallest absolute Gasteiger partial charge is 0.116 e. The van der Waals surface area contributed by atoms with Crippen molar-refractivity contribution in [3.05, 3.63) is 0 Å². The summed E-state index contributed by atoms with van der Waals surface area (Å²) >= 11 is 5.31. The first-order valence-corrected chi connectivity index (χ1v) is 15.7. The Morgan fingerprint density at radius 3 is 1.10 bits per heavy atom. The first-order chi connectivity index (χ1) is 13.5. The molecule has 5 unspecified atom stereocenters. The van der Waals surface area contributed by atoms with Crippen LogP contribution in [0.2, 0.25) is 0 Å². The van der Waals surface area contributed by atoms with E-state index in [9.17, 15) is 0 Å². The normalized spacial score (nSPS) is 18.4. The number of hydrogen-bond acceptors (Lipinski definition) is 1. The van der Waals surface area contributed by atoms with Gasteiger partial charge in [-0.05, 0) is 52.6 Å². The van der Waals surface area contributed by atoms with E-state index in [0.717, 1.165) is 30.3 Å². The van der Waals surface area contributed by atoms with Crippen molar-refractivity contribution in [3.8, 4) is 0 Å². The molecule has 0 heterocycles. The fraction of sp³-hybridized carbons (Fsp3) is 0.962. The van der Waals surface area contributed by atoms with E-state index in [0.29, 0.717) is 5.92 Å². The third-order valence-corrected chi connectivity index (χ3v) is 15.9. The third-order valence-electron chi connectivity index (χ3n) is 7.36. The minimum absolute atomic E-state index is 0. The second-order valence-corrected chi connectivity index (χ2v) is 16.6. The van der Waals surface area contributed by atoms with Crippen LogP contribution < -0.4 is 0 Å². The fourth-order valence-electron chi connectivity index (χ4n) is 4.65. The van der Waals surface area contributed by atoms with Gasteiger partial charge in [-0.1, -0.05) is 101 Å². The molecule has 0 aliphatic heterocycles. The van der Waals surface area contributed by atoms with E-state index >= 15 is 0 Å². The Morgan fingerprint density at radius 1 is 0.600 bits per heavy atom. The van der Waals surface area contributed by atoms with Crippen molar-refractivity contribution in [1.82, 2.24) is 0 Å². The standard InChI is InChI=1S/C26H56OS2.Mo/c1-11-21(6)16-27-26(28)29(17-22(7)12-2,18-23(8)13-3,19-24(9)14-4)20-25(10)15-5;/h21-25,28H,11-20H2,1-10H3;. The maximum absolute atomic E-state index is 6.67. The molecule has 0 aromatic heterocycles. The molecule has 30 heavy (non-hydrogen) atoms. The van der Waals surface area contributed by atoms with Crippen LogP contribution in [0.4, 0.5) is 0 Å². The largest absolute Gasteiger partial charge is 0.335 e. The molecule has 184 valence electrons. The van der Waals surface area contributed by atoms with E-state index in [4.69, 9.17) is 17.4 Å². The van der Waals surface area contributed by atoms with Crippen molar-refractivity contribution in [2.45, 2.75) is 101 Å². The van der Waals surface area contributed by atoms with Crippen LogP contribution in [0.1, 0.15) is 101 Å². The quantitative estimate of drug-likeness (QED) is 0.123. The Morgan fingerprint density at radius 2 is 0.867 bits per heavy atom. The summed E-state index contributed by atoms with van der Waals surface area (Å²) in [6.07, 6.45) is 6.17. The zero-order valence-corrected chi connectivity index (χ0v) is 25.8. The molecule has 5 atom stereocenters. The molecule has 0 aromatic carbocycles. The van der Waals surface area contributed by atoms with E-state index in [1.165, 1.54) is 59.5 Å². The first kappa shape index (κ1) is 33.4. The van der Waals surface area contributed by atoms with Crippen molar-refractivity contribution >= 4 is 25.8 Å². The minimum atomic E-state index is -1.98. The maximum atomic E-state index is 6.67. The van der Waals surface area contributed by atoms with Gasteiger partial charge in [0.15, 0.2) is 0 Å². The van der Waals surface area contributed by atoms with Crippen LogP contribution in [0.25, 0.3) is 0 Å². The van der Waals surface area contributed by atoms with Crippen molar-refractivity contribution in [2.24, 2.45) is 29.6 Å². The van der Waals surface area contributed by atoms with E-state index in [-0.39, 0.29) is 21.1 Å². The zero-order valence-electron chi connectivity index (χ0n) is 22.1. The average molecular weight is 545 g/mol. The molecular formula is C26H56MoOS2. The Kier molecular flexibility index (Phi) is 17.8. The fourth-order valence-corrected chi connectivity index (χ4v) is 14.3. The van der Waals surface area contributed by atoms with Crippen molar-refractivity contribution < 1.29 is 25.8 Å². The van der Waals surface area contributed by atoms with Crippen molar-refractivity contribution in [1.29, 1.82) is 0 Å². The average Bonchev–Trinajstić information content (AvgIpc) is 2.70. The van der Waals surface area contributed by atoms with E-state index < -0.39 is 8.75 Å². The third kappa shape index (κ3) is 10.0. The number of hydrogen-bond donors (Lipinski definition) is 1. The molecule has 0 rings (SSSR count).